The number of hydrogen-bond acceptors (Lipinski definition) is 5. The molecule has 0 aliphatic carbocycles. The quantitative estimate of drug-likeness (QED) is 0.853. The molecule has 0 radical (unpaired) electrons. The molecule has 0 bridgehead atoms. The zero-order chi connectivity index (χ0) is 15.7. The number of hydrogen-bond donors (Lipinski definition) is 2. The van der Waals surface area contributed by atoms with Gasteiger partial charge in [0.25, 0.3) is 0 Å². The summed E-state index contributed by atoms with van der Waals surface area (Å²) >= 11 is 0. The molecule has 0 amide bonds. The van der Waals surface area contributed by atoms with E-state index in [1.54, 1.807) is 20.3 Å². The molecule has 2 N–H and O–H groups in total. The van der Waals surface area contributed by atoms with Gasteiger partial charge in [-0.1, -0.05) is 12.1 Å². The highest BCUT2D eigenvalue weighted by molar-refractivity contribution is 5.55. The van der Waals surface area contributed by atoms with E-state index in [-0.39, 0.29) is 17.4 Å². The molecule has 0 unspecified atom stereocenters. The van der Waals surface area contributed by atoms with Crippen molar-refractivity contribution in [2.75, 3.05) is 20.8 Å². The molecule has 0 fully saturated rings. The molecule has 5 nitrogen and oxygen atoms in total. The van der Waals surface area contributed by atoms with E-state index in [9.17, 15) is 10.2 Å². The van der Waals surface area contributed by atoms with Gasteiger partial charge in [-0.25, -0.2) is 0 Å². The number of fused-ring (bicyclic) bond motifs is 1. The fourth-order valence-electron chi connectivity index (χ4n) is 2.75. The molecule has 116 valence electrons. The monoisotopic (exact) mass is 302 g/mol. The van der Waals surface area contributed by atoms with E-state index in [1.165, 1.54) is 6.07 Å². The molecule has 0 saturated heterocycles. The van der Waals surface area contributed by atoms with Crippen molar-refractivity contribution in [3.05, 3.63) is 41.5 Å². The second-order valence-corrected chi connectivity index (χ2v) is 5.25. The Kier molecular flexibility index (Phi) is 3.71. The summed E-state index contributed by atoms with van der Waals surface area (Å²) < 4.78 is 16.2. The molecule has 3 rings (SSSR count). The van der Waals surface area contributed by atoms with Crippen LogP contribution < -0.4 is 14.2 Å². The highest BCUT2D eigenvalue weighted by Gasteiger charge is 2.25. The predicted octanol–water partition coefficient (Wildman–Crippen LogP) is 2.83. The minimum absolute atomic E-state index is 0.149. The summed E-state index contributed by atoms with van der Waals surface area (Å²) in [7, 11) is 3.21. The molecule has 22 heavy (non-hydrogen) atoms. The van der Waals surface area contributed by atoms with Crippen LogP contribution in [0, 0.1) is 0 Å². The summed E-state index contributed by atoms with van der Waals surface area (Å²) in [6, 6.07) is 9.06. The van der Waals surface area contributed by atoms with Crippen LogP contribution in [0.25, 0.3) is 0 Å². The zero-order valence-electron chi connectivity index (χ0n) is 12.5. The van der Waals surface area contributed by atoms with E-state index in [0.29, 0.717) is 23.9 Å². The van der Waals surface area contributed by atoms with Crippen LogP contribution in [0.4, 0.5) is 0 Å². The highest BCUT2D eigenvalue weighted by Crippen LogP contribution is 2.43. The smallest absolute Gasteiger partial charge is 0.200 e. The van der Waals surface area contributed by atoms with E-state index in [2.05, 4.69) is 0 Å². The summed E-state index contributed by atoms with van der Waals surface area (Å²) in [6.07, 6.45) is 0.721. The first-order valence-corrected chi connectivity index (χ1v) is 7.02. The van der Waals surface area contributed by atoms with Crippen LogP contribution in [-0.2, 0) is 6.42 Å². The SMILES string of the molecule is COc1ccc([C@@H]2COc3c(ccc(O)c3O)C2)cc1OC. The van der Waals surface area contributed by atoms with Gasteiger partial charge in [0.1, 0.15) is 0 Å². The standard InChI is InChI=1S/C17H18O5/c1-20-14-6-4-10(8-15(14)21-2)12-7-11-3-5-13(18)16(19)17(11)22-9-12/h3-6,8,12,18-19H,7,9H2,1-2H3/t12-/m0/s1. The van der Waals surface area contributed by atoms with Crippen LogP contribution >= 0.6 is 0 Å². The lowest BCUT2D eigenvalue weighted by Crippen LogP contribution is -2.19. The Labute approximate surface area is 128 Å². The number of ether oxygens (including phenoxy) is 3. The minimum Gasteiger partial charge on any atom is -0.504 e. The molecule has 1 aliphatic heterocycles. The van der Waals surface area contributed by atoms with Crippen molar-refractivity contribution in [2.24, 2.45) is 0 Å². The second kappa shape index (κ2) is 5.67. The zero-order valence-corrected chi connectivity index (χ0v) is 12.5. The normalized spacial score (nSPS) is 16.5. The fraction of sp³-hybridized carbons (Fsp3) is 0.294. The lowest BCUT2D eigenvalue weighted by atomic mass is 9.90. The summed E-state index contributed by atoms with van der Waals surface area (Å²) in [5, 5.41) is 19.4. The molecular formula is C17H18O5. The lowest BCUT2D eigenvalue weighted by Gasteiger charge is -2.26. The molecule has 2 aromatic rings. The number of aromatic hydroxyl groups is 2. The molecule has 1 aliphatic rings. The molecule has 2 aromatic carbocycles. The number of phenolic OH excluding ortho intramolecular Hbond substituents is 2. The van der Waals surface area contributed by atoms with Crippen LogP contribution in [0.1, 0.15) is 17.0 Å². The van der Waals surface area contributed by atoms with E-state index < -0.39 is 0 Å². The summed E-state index contributed by atoms with van der Waals surface area (Å²) in [5.41, 5.74) is 1.96. The van der Waals surface area contributed by atoms with E-state index in [4.69, 9.17) is 14.2 Å². The van der Waals surface area contributed by atoms with E-state index in [1.807, 2.05) is 18.2 Å². The minimum atomic E-state index is -0.191. The van der Waals surface area contributed by atoms with Crippen molar-refractivity contribution >= 4 is 0 Å². The Balaban J connectivity index is 1.90. The molecular weight excluding hydrogens is 284 g/mol. The number of rotatable bonds is 3. The van der Waals surface area contributed by atoms with Crippen molar-refractivity contribution in [3.63, 3.8) is 0 Å². The Bertz CT molecular complexity index is 696. The van der Waals surface area contributed by atoms with E-state index >= 15 is 0 Å². The van der Waals surface area contributed by atoms with Crippen LogP contribution in [0.2, 0.25) is 0 Å². The third kappa shape index (κ3) is 2.39. The first-order chi connectivity index (χ1) is 10.6. The Morgan fingerprint density at radius 2 is 1.82 bits per heavy atom. The van der Waals surface area contributed by atoms with Gasteiger partial charge in [0.2, 0.25) is 5.75 Å². The van der Waals surface area contributed by atoms with Gasteiger partial charge in [-0.2, -0.15) is 0 Å². The Morgan fingerprint density at radius 3 is 2.55 bits per heavy atom. The third-order valence-corrected chi connectivity index (χ3v) is 3.97. The van der Waals surface area contributed by atoms with Crippen molar-refractivity contribution in [1.29, 1.82) is 0 Å². The van der Waals surface area contributed by atoms with Gasteiger partial charge < -0.3 is 24.4 Å². The molecule has 0 aromatic heterocycles. The number of methoxy groups -OCH3 is 2. The maximum atomic E-state index is 9.84. The fourth-order valence-corrected chi connectivity index (χ4v) is 2.75. The van der Waals surface area contributed by atoms with Gasteiger partial charge in [-0.3, -0.25) is 0 Å². The molecule has 1 atom stereocenters. The van der Waals surface area contributed by atoms with Gasteiger partial charge in [-0.05, 0) is 35.7 Å². The van der Waals surface area contributed by atoms with Crippen LogP contribution in [0.3, 0.4) is 0 Å². The number of benzene rings is 2. The summed E-state index contributed by atoms with van der Waals surface area (Å²) in [5.74, 6) is 1.53. The predicted molar refractivity (Wildman–Crippen MR) is 81.3 cm³/mol. The maximum Gasteiger partial charge on any atom is 0.200 e. The molecule has 5 heteroatoms. The largest absolute Gasteiger partial charge is 0.504 e. The first-order valence-electron chi connectivity index (χ1n) is 7.02. The van der Waals surface area contributed by atoms with Gasteiger partial charge in [-0.15, -0.1) is 0 Å². The van der Waals surface area contributed by atoms with Gasteiger partial charge in [0.15, 0.2) is 23.0 Å². The van der Waals surface area contributed by atoms with Gasteiger partial charge in [0.05, 0.1) is 20.8 Å². The Hall–Kier alpha value is -2.56. The number of phenols is 2. The highest BCUT2D eigenvalue weighted by atomic mass is 16.5. The topological polar surface area (TPSA) is 68.2 Å². The molecule has 0 spiro atoms. The van der Waals surface area contributed by atoms with Crippen molar-refractivity contribution < 1.29 is 24.4 Å². The van der Waals surface area contributed by atoms with Crippen LogP contribution in [-0.4, -0.2) is 31.0 Å². The van der Waals surface area contributed by atoms with Gasteiger partial charge in [0, 0.05) is 5.92 Å². The average Bonchev–Trinajstić information content (AvgIpc) is 2.57. The second-order valence-electron chi connectivity index (χ2n) is 5.25. The molecule has 1 heterocycles. The van der Waals surface area contributed by atoms with Crippen LogP contribution in [0.5, 0.6) is 28.7 Å². The Morgan fingerprint density at radius 1 is 1.05 bits per heavy atom. The lowest BCUT2D eigenvalue weighted by molar-refractivity contribution is 0.246. The molecule has 0 saturated carbocycles. The van der Waals surface area contributed by atoms with Crippen LogP contribution in [0.15, 0.2) is 30.3 Å². The van der Waals surface area contributed by atoms with Gasteiger partial charge >= 0.3 is 0 Å². The van der Waals surface area contributed by atoms with E-state index in [0.717, 1.165) is 17.5 Å². The van der Waals surface area contributed by atoms with Crippen molar-refractivity contribution in [2.45, 2.75) is 12.3 Å². The van der Waals surface area contributed by atoms with Crippen molar-refractivity contribution in [3.8, 4) is 28.7 Å². The summed E-state index contributed by atoms with van der Waals surface area (Å²) in [4.78, 5) is 0. The third-order valence-electron chi connectivity index (χ3n) is 3.97. The average molecular weight is 302 g/mol. The first kappa shape index (κ1) is 14.4. The van der Waals surface area contributed by atoms with Crippen molar-refractivity contribution in [1.82, 2.24) is 0 Å². The maximum absolute atomic E-state index is 9.84. The summed E-state index contributed by atoms with van der Waals surface area (Å²) in [6.45, 7) is 0.430.